The van der Waals surface area contributed by atoms with E-state index in [2.05, 4.69) is 0 Å². The molecule has 1 unspecified atom stereocenters. The number of nitrogens with zero attached hydrogens (tertiary/aromatic N) is 1. The van der Waals surface area contributed by atoms with Gasteiger partial charge in [0.05, 0.1) is 17.0 Å². The van der Waals surface area contributed by atoms with Crippen molar-refractivity contribution >= 4 is 5.97 Å². The summed E-state index contributed by atoms with van der Waals surface area (Å²) >= 11 is 0. The number of likely N-dealkylation sites (tertiary alicyclic amines) is 1. The van der Waals surface area contributed by atoms with Gasteiger partial charge in [-0.15, -0.1) is 0 Å². The van der Waals surface area contributed by atoms with E-state index in [0.29, 0.717) is 12.5 Å². The maximum Gasteiger partial charge on any atom is 0.416 e. The van der Waals surface area contributed by atoms with Gasteiger partial charge in [-0.3, -0.25) is 9.69 Å². The topological polar surface area (TPSA) is 40.5 Å². The summed E-state index contributed by atoms with van der Waals surface area (Å²) in [6, 6.07) is 2.50. The molecule has 24 heavy (non-hydrogen) atoms. The Morgan fingerprint density at radius 1 is 1.21 bits per heavy atom. The first-order chi connectivity index (χ1) is 11.2. The third kappa shape index (κ3) is 2.84. The molecule has 1 N–H and O–H groups in total. The zero-order chi connectivity index (χ0) is 17.5. The number of hydrogen-bond acceptors (Lipinski definition) is 2. The molecule has 1 atom stereocenters. The lowest BCUT2D eigenvalue weighted by Crippen LogP contribution is -2.59. The highest BCUT2D eigenvalue weighted by Gasteiger charge is 2.46. The molecule has 0 saturated carbocycles. The van der Waals surface area contributed by atoms with Crippen molar-refractivity contribution in [2.45, 2.75) is 18.1 Å². The predicted octanol–water partition coefficient (Wildman–Crippen LogP) is 3.57. The number of alkyl halides is 3. The monoisotopic (exact) mass is 341 g/mol. The summed E-state index contributed by atoms with van der Waals surface area (Å²) in [7, 11) is 0. The second-order valence-electron chi connectivity index (χ2n) is 6.08. The van der Waals surface area contributed by atoms with E-state index in [9.17, 15) is 22.4 Å². The van der Waals surface area contributed by atoms with E-state index in [-0.39, 0.29) is 18.7 Å². The summed E-state index contributed by atoms with van der Waals surface area (Å²) in [5.41, 5.74) is -1.82. The zero-order valence-corrected chi connectivity index (χ0v) is 12.6. The van der Waals surface area contributed by atoms with Crippen molar-refractivity contribution in [2.24, 2.45) is 5.92 Å². The zero-order valence-electron chi connectivity index (χ0n) is 12.6. The molecular formula is C17H15F4NO2. The predicted molar refractivity (Wildman–Crippen MR) is 78.7 cm³/mol. The van der Waals surface area contributed by atoms with Crippen LogP contribution in [-0.2, 0) is 16.5 Å². The highest BCUT2D eigenvalue weighted by atomic mass is 19.4. The Kier molecular flexibility index (Phi) is 3.99. The third-order valence-corrected chi connectivity index (χ3v) is 4.57. The molecule has 0 radical (unpaired) electrons. The number of carboxylic acid groups (broad SMARTS) is 1. The quantitative estimate of drug-likeness (QED) is 0.855. The van der Waals surface area contributed by atoms with Crippen LogP contribution in [0.3, 0.4) is 0 Å². The van der Waals surface area contributed by atoms with Crippen molar-refractivity contribution < 1.29 is 27.5 Å². The van der Waals surface area contributed by atoms with Crippen molar-refractivity contribution in [3.8, 4) is 0 Å². The maximum atomic E-state index is 13.8. The van der Waals surface area contributed by atoms with Crippen LogP contribution in [0.5, 0.6) is 0 Å². The first-order valence-corrected chi connectivity index (χ1v) is 7.43. The number of benzene rings is 1. The molecule has 7 heteroatoms. The van der Waals surface area contributed by atoms with E-state index >= 15 is 0 Å². The van der Waals surface area contributed by atoms with Gasteiger partial charge in [-0.05, 0) is 30.2 Å². The van der Waals surface area contributed by atoms with Crippen LogP contribution in [0.1, 0.15) is 17.5 Å². The molecule has 0 bridgehead atoms. The Bertz CT molecular complexity index is 720. The van der Waals surface area contributed by atoms with Crippen molar-refractivity contribution in [3.63, 3.8) is 0 Å². The van der Waals surface area contributed by atoms with Crippen LogP contribution in [0.25, 0.3) is 0 Å². The lowest BCUT2D eigenvalue weighted by Gasteiger charge is -2.50. The fraction of sp³-hybridized carbons (Fsp3) is 0.353. The van der Waals surface area contributed by atoms with E-state index in [0.717, 1.165) is 12.1 Å². The molecular weight excluding hydrogens is 326 g/mol. The van der Waals surface area contributed by atoms with Crippen molar-refractivity contribution in [2.75, 3.05) is 13.1 Å². The van der Waals surface area contributed by atoms with Gasteiger partial charge in [-0.2, -0.15) is 13.2 Å². The molecule has 0 aromatic heterocycles. The summed E-state index contributed by atoms with van der Waals surface area (Å²) < 4.78 is 52.9. The maximum absolute atomic E-state index is 13.8. The smallest absolute Gasteiger partial charge is 0.416 e. The molecule has 1 saturated heterocycles. The Morgan fingerprint density at radius 3 is 2.46 bits per heavy atom. The number of allylic oxidation sites excluding steroid dienone is 2. The molecule has 1 aliphatic carbocycles. The fourth-order valence-corrected chi connectivity index (χ4v) is 3.20. The molecule has 1 aromatic rings. The minimum absolute atomic E-state index is 0.180. The molecule has 3 rings (SSSR count). The first kappa shape index (κ1) is 16.7. The van der Waals surface area contributed by atoms with Gasteiger partial charge >= 0.3 is 12.1 Å². The molecule has 1 aromatic carbocycles. The third-order valence-electron chi connectivity index (χ3n) is 4.57. The second-order valence-corrected chi connectivity index (χ2v) is 6.08. The Balaban J connectivity index is 2.02. The normalized spacial score (nSPS) is 24.8. The highest BCUT2D eigenvalue weighted by molar-refractivity contribution is 5.71. The number of aliphatic carboxylic acids is 1. The number of hydrogen-bond donors (Lipinski definition) is 1. The average molecular weight is 341 g/mol. The lowest BCUT2D eigenvalue weighted by atomic mass is 9.78. The molecule has 0 spiro atoms. The van der Waals surface area contributed by atoms with Crippen LogP contribution in [0.4, 0.5) is 17.6 Å². The standard InChI is InChI=1S/C17H15F4NO2/c18-14-7-12(6-13(8-14)17(19,20)21)16(4-2-1-3-5-16)22-9-11(10-22)15(23)24/h1-4,6-8,11H,5,9-10H2,(H,23,24). The van der Waals surface area contributed by atoms with Gasteiger partial charge in [0.2, 0.25) is 0 Å². The molecule has 2 aliphatic rings. The van der Waals surface area contributed by atoms with E-state index in [1.807, 2.05) is 0 Å². The SMILES string of the molecule is O=C(O)C1CN(C2(c3cc(F)cc(C(F)(F)F)c3)C=CC=CC2)C1. The van der Waals surface area contributed by atoms with Gasteiger partial charge in [0.25, 0.3) is 0 Å². The minimum atomic E-state index is -4.65. The summed E-state index contributed by atoms with van der Waals surface area (Å²) in [5, 5.41) is 9.03. The van der Waals surface area contributed by atoms with Crippen LogP contribution >= 0.6 is 0 Å². The number of carbonyl (C=O) groups is 1. The Labute approximate surface area is 135 Å². The minimum Gasteiger partial charge on any atom is -0.481 e. The molecule has 3 nitrogen and oxygen atoms in total. The molecule has 1 fully saturated rings. The number of rotatable bonds is 3. The Morgan fingerprint density at radius 2 is 1.92 bits per heavy atom. The van der Waals surface area contributed by atoms with Crippen LogP contribution in [0.15, 0.2) is 42.5 Å². The van der Waals surface area contributed by atoms with Gasteiger partial charge in [0.1, 0.15) is 5.82 Å². The Hall–Kier alpha value is -2.15. The average Bonchev–Trinajstić information content (AvgIpc) is 2.44. The van der Waals surface area contributed by atoms with Crippen LogP contribution < -0.4 is 0 Å². The number of halogens is 4. The van der Waals surface area contributed by atoms with Crippen molar-refractivity contribution in [1.82, 2.24) is 4.90 Å². The summed E-state index contributed by atoms with van der Waals surface area (Å²) in [4.78, 5) is 12.8. The first-order valence-electron chi connectivity index (χ1n) is 7.43. The van der Waals surface area contributed by atoms with E-state index in [4.69, 9.17) is 5.11 Å². The molecule has 1 heterocycles. The van der Waals surface area contributed by atoms with Crippen LogP contribution in [0, 0.1) is 11.7 Å². The summed E-state index contributed by atoms with van der Waals surface area (Å²) in [6.07, 6.45) is 2.65. The van der Waals surface area contributed by atoms with E-state index in [1.54, 1.807) is 29.2 Å². The van der Waals surface area contributed by atoms with E-state index < -0.39 is 35.0 Å². The van der Waals surface area contributed by atoms with Crippen LogP contribution in [-0.4, -0.2) is 29.1 Å². The van der Waals surface area contributed by atoms with Gasteiger partial charge in [0.15, 0.2) is 0 Å². The van der Waals surface area contributed by atoms with Gasteiger partial charge in [-0.25, -0.2) is 4.39 Å². The summed E-state index contributed by atoms with van der Waals surface area (Å²) in [6.45, 7) is 0.427. The van der Waals surface area contributed by atoms with Gasteiger partial charge < -0.3 is 5.11 Å². The molecule has 1 aliphatic heterocycles. The van der Waals surface area contributed by atoms with Crippen molar-refractivity contribution in [3.05, 3.63) is 59.4 Å². The number of carboxylic acids is 1. The highest BCUT2D eigenvalue weighted by Crippen LogP contribution is 2.42. The van der Waals surface area contributed by atoms with Crippen LogP contribution in [0.2, 0.25) is 0 Å². The molecule has 128 valence electrons. The fourth-order valence-electron chi connectivity index (χ4n) is 3.20. The van der Waals surface area contributed by atoms with Crippen molar-refractivity contribution in [1.29, 1.82) is 0 Å². The van der Waals surface area contributed by atoms with E-state index in [1.165, 1.54) is 0 Å². The second kappa shape index (κ2) is 5.73. The van der Waals surface area contributed by atoms with Gasteiger partial charge in [-0.1, -0.05) is 24.3 Å². The summed E-state index contributed by atoms with van der Waals surface area (Å²) in [5.74, 6) is -2.46. The lowest BCUT2D eigenvalue weighted by molar-refractivity contribution is -0.150. The largest absolute Gasteiger partial charge is 0.481 e. The van der Waals surface area contributed by atoms with Gasteiger partial charge in [0, 0.05) is 13.1 Å². The molecule has 0 amide bonds.